The molecule has 0 aliphatic heterocycles. The van der Waals surface area contributed by atoms with Crippen LogP contribution in [0.3, 0.4) is 0 Å². The number of hydrogen-bond acceptors (Lipinski definition) is 4. The largest absolute Gasteiger partial charge is 0.476 e. The number of carboxylic acid groups (broad SMARTS) is 2. The highest BCUT2D eigenvalue weighted by atomic mass is 35.5. The highest BCUT2D eigenvalue weighted by molar-refractivity contribution is 6.33. The number of oxazole rings is 1. The summed E-state index contributed by atoms with van der Waals surface area (Å²) < 4.78 is 18.1. The van der Waals surface area contributed by atoms with Gasteiger partial charge in [-0.3, -0.25) is 0 Å². The second-order valence-electron chi connectivity index (χ2n) is 3.41. The maximum absolute atomic E-state index is 13.3. The molecular weight excluding hydrogens is 281 g/mol. The molecule has 1 aromatic carbocycles. The van der Waals surface area contributed by atoms with Gasteiger partial charge in [-0.15, -0.1) is 0 Å². The zero-order valence-electron chi connectivity index (χ0n) is 9.05. The Labute approximate surface area is 110 Å². The second-order valence-corrected chi connectivity index (χ2v) is 3.79. The molecule has 2 aromatic rings. The van der Waals surface area contributed by atoms with Crippen molar-refractivity contribution in [2.75, 3.05) is 0 Å². The first-order valence-corrected chi connectivity index (χ1v) is 5.21. The van der Waals surface area contributed by atoms with Gasteiger partial charge in [0, 0.05) is 0 Å². The van der Waals surface area contributed by atoms with Crippen LogP contribution in [-0.2, 0) is 0 Å². The van der Waals surface area contributed by atoms with Crippen LogP contribution in [0.25, 0.3) is 11.5 Å². The summed E-state index contributed by atoms with van der Waals surface area (Å²) in [6, 6.07) is 3.72. The molecule has 0 saturated carbocycles. The predicted octanol–water partition coefficient (Wildman–Crippen LogP) is 2.53. The van der Waals surface area contributed by atoms with E-state index in [1.165, 1.54) is 12.1 Å². The summed E-state index contributed by atoms with van der Waals surface area (Å²) in [7, 11) is 0. The lowest BCUT2D eigenvalue weighted by Crippen LogP contribution is -2.05. The van der Waals surface area contributed by atoms with Crippen molar-refractivity contribution in [2.45, 2.75) is 0 Å². The van der Waals surface area contributed by atoms with Gasteiger partial charge in [-0.2, -0.15) is 0 Å². The summed E-state index contributed by atoms with van der Waals surface area (Å²) >= 11 is 5.68. The van der Waals surface area contributed by atoms with E-state index in [0.29, 0.717) is 0 Å². The smallest absolute Gasteiger partial charge is 0.374 e. The SMILES string of the molecule is O=C(O)c1nc(-c2cccc(F)c2Cl)oc1C(=O)O. The lowest BCUT2D eigenvalue weighted by molar-refractivity contribution is 0.0624. The van der Waals surface area contributed by atoms with E-state index in [0.717, 1.165) is 6.07 Å². The molecule has 2 N–H and O–H groups in total. The fourth-order valence-corrected chi connectivity index (χ4v) is 1.60. The molecule has 98 valence electrons. The van der Waals surface area contributed by atoms with Crippen LogP contribution < -0.4 is 0 Å². The minimum atomic E-state index is -1.59. The third kappa shape index (κ3) is 2.27. The molecule has 0 amide bonds. The fraction of sp³-hybridized carbons (Fsp3) is 0. The van der Waals surface area contributed by atoms with Crippen molar-refractivity contribution in [1.29, 1.82) is 0 Å². The number of rotatable bonds is 3. The maximum Gasteiger partial charge on any atom is 0.374 e. The van der Waals surface area contributed by atoms with Gasteiger partial charge in [-0.05, 0) is 12.1 Å². The molecule has 0 fully saturated rings. The van der Waals surface area contributed by atoms with Gasteiger partial charge < -0.3 is 14.6 Å². The quantitative estimate of drug-likeness (QED) is 0.898. The Bertz CT molecular complexity index is 650. The number of nitrogens with zero attached hydrogens (tertiary/aromatic N) is 1. The molecule has 2 rings (SSSR count). The Morgan fingerprint density at radius 2 is 1.95 bits per heavy atom. The summed E-state index contributed by atoms with van der Waals surface area (Å²) in [6.45, 7) is 0. The molecule has 0 radical (unpaired) electrons. The van der Waals surface area contributed by atoms with Crippen molar-refractivity contribution in [3.63, 3.8) is 0 Å². The first kappa shape index (κ1) is 13.0. The van der Waals surface area contributed by atoms with Gasteiger partial charge in [-0.25, -0.2) is 19.0 Å². The predicted molar refractivity (Wildman–Crippen MR) is 60.8 cm³/mol. The summed E-state index contributed by atoms with van der Waals surface area (Å²) in [4.78, 5) is 25.2. The van der Waals surface area contributed by atoms with Crippen LogP contribution in [0.4, 0.5) is 4.39 Å². The number of aromatic carboxylic acids is 2. The zero-order valence-corrected chi connectivity index (χ0v) is 9.81. The average molecular weight is 286 g/mol. The molecule has 8 heteroatoms. The lowest BCUT2D eigenvalue weighted by Gasteiger charge is -1.99. The molecule has 1 aromatic heterocycles. The highest BCUT2D eigenvalue weighted by Gasteiger charge is 2.26. The molecule has 6 nitrogen and oxygen atoms in total. The topological polar surface area (TPSA) is 101 Å². The minimum Gasteiger partial charge on any atom is -0.476 e. The van der Waals surface area contributed by atoms with Crippen molar-refractivity contribution in [3.05, 3.63) is 40.5 Å². The van der Waals surface area contributed by atoms with Crippen LogP contribution in [0.15, 0.2) is 22.6 Å². The Morgan fingerprint density at radius 1 is 1.26 bits per heavy atom. The molecule has 0 bridgehead atoms. The fourth-order valence-electron chi connectivity index (χ4n) is 1.39. The monoisotopic (exact) mass is 285 g/mol. The van der Waals surface area contributed by atoms with E-state index >= 15 is 0 Å². The average Bonchev–Trinajstić information content (AvgIpc) is 2.77. The van der Waals surface area contributed by atoms with Crippen LogP contribution in [-0.4, -0.2) is 27.1 Å². The van der Waals surface area contributed by atoms with Gasteiger partial charge in [0.15, 0.2) is 0 Å². The molecule has 1 heterocycles. The van der Waals surface area contributed by atoms with E-state index < -0.39 is 29.2 Å². The van der Waals surface area contributed by atoms with E-state index in [2.05, 4.69) is 4.98 Å². The number of hydrogen-bond donors (Lipinski definition) is 2. The Hall–Kier alpha value is -2.41. The van der Waals surface area contributed by atoms with Gasteiger partial charge in [0.25, 0.3) is 0 Å². The molecular formula is C11H5ClFNO5. The minimum absolute atomic E-state index is 0.0309. The van der Waals surface area contributed by atoms with Crippen LogP contribution in [0.5, 0.6) is 0 Å². The van der Waals surface area contributed by atoms with Crippen molar-refractivity contribution in [1.82, 2.24) is 4.98 Å². The summed E-state index contributed by atoms with van der Waals surface area (Å²) in [5.74, 6) is -5.14. The number of aromatic nitrogens is 1. The Balaban J connectivity index is 2.64. The third-order valence-electron chi connectivity index (χ3n) is 2.21. The number of halogens is 2. The summed E-state index contributed by atoms with van der Waals surface area (Å²) in [5, 5.41) is 17.3. The normalized spacial score (nSPS) is 10.4. The molecule has 0 saturated heterocycles. The van der Waals surface area contributed by atoms with Crippen molar-refractivity contribution in [3.8, 4) is 11.5 Å². The van der Waals surface area contributed by atoms with Crippen LogP contribution in [0.2, 0.25) is 5.02 Å². The van der Waals surface area contributed by atoms with E-state index in [9.17, 15) is 14.0 Å². The van der Waals surface area contributed by atoms with E-state index in [-0.39, 0.29) is 16.5 Å². The third-order valence-corrected chi connectivity index (χ3v) is 2.59. The summed E-state index contributed by atoms with van der Waals surface area (Å²) in [6.07, 6.45) is 0. The van der Waals surface area contributed by atoms with E-state index in [1.807, 2.05) is 0 Å². The Morgan fingerprint density at radius 3 is 2.47 bits per heavy atom. The van der Waals surface area contributed by atoms with Crippen LogP contribution in [0, 0.1) is 5.82 Å². The maximum atomic E-state index is 13.3. The van der Waals surface area contributed by atoms with Gasteiger partial charge in [0.2, 0.25) is 17.3 Å². The zero-order chi connectivity index (χ0) is 14.2. The van der Waals surface area contributed by atoms with Crippen LogP contribution in [0.1, 0.15) is 21.0 Å². The standard InChI is InChI=1S/C11H5ClFNO5/c12-6-4(2-1-3-5(6)13)9-14-7(10(15)16)8(19-9)11(17)18/h1-3H,(H,15,16)(H,17,18). The molecule has 0 aliphatic rings. The lowest BCUT2D eigenvalue weighted by atomic mass is 10.2. The number of benzene rings is 1. The molecule has 0 atom stereocenters. The number of carboxylic acids is 2. The molecule has 0 unspecified atom stereocenters. The van der Waals surface area contributed by atoms with Gasteiger partial charge in [-0.1, -0.05) is 17.7 Å². The van der Waals surface area contributed by atoms with Gasteiger partial charge >= 0.3 is 11.9 Å². The van der Waals surface area contributed by atoms with E-state index in [1.54, 1.807) is 0 Å². The number of carbonyl (C=O) groups is 2. The van der Waals surface area contributed by atoms with Crippen molar-refractivity contribution < 1.29 is 28.6 Å². The van der Waals surface area contributed by atoms with Crippen LogP contribution >= 0.6 is 11.6 Å². The van der Waals surface area contributed by atoms with E-state index in [4.69, 9.17) is 26.2 Å². The van der Waals surface area contributed by atoms with Gasteiger partial charge in [0.05, 0.1) is 10.6 Å². The molecule has 0 aliphatic carbocycles. The van der Waals surface area contributed by atoms with Gasteiger partial charge in [0.1, 0.15) is 5.82 Å². The molecule has 19 heavy (non-hydrogen) atoms. The molecule has 0 spiro atoms. The Kier molecular flexibility index (Phi) is 3.22. The second kappa shape index (κ2) is 4.69. The first-order valence-electron chi connectivity index (χ1n) is 4.83. The van der Waals surface area contributed by atoms with Crippen molar-refractivity contribution in [2.24, 2.45) is 0 Å². The summed E-state index contributed by atoms with van der Waals surface area (Å²) in [5.41, 5.74) is -0.806. The first-order chi connectivity index (χ1) is 8.91. The highest BCUT2D eigenvalue weighted by Crippen LogP contribution is 2.30. The van der Waals surface area contributed by atoms with Crippen molar-refractivity contribution >= 4 is 23.5 Å².